The molecule has 0 bridgehead atoms. The van der Waals surface area contributed by atoms with Gasteiger partial charge in [-0.15, -0.1) is 0 Å². The van der Waals surface area contributed by atoms with Crippen molar-refractivity contribution in [1.29, 1.82) is 0 Å². The standard InChI is InChI=1S/C24H31ClFN3O4S/c1-16(2)13-27-24(31)18(4)28(14-19-7-9-20(26)10-8-19)23(30)15-29(34(5,32)33)21-11-6-17(3)22(25)12-21/h6-12,16,18H,13-15H2,1-5H3,(H,27,31). The summed E-state index contributed by atoms with van der Waals surface area (Å²) in [5.74, 6) is -1.17. The number of rotatable bonds is 10. The third-order valence-corrected chi connectivity index (χ3v) is 6.79. The molecular formula is C24H31ClFN3O4S. The van der Waals surface area contributed by atoms with Gasteiger partial charge in [-0.2, -0.15) is 0 Å². The zero-order chi connectivity index (χ0) is 25.6. The molecule has 2 rings (SSSR count). The highest BCUT2D eigenvalue weighted by atomic mass is 35.5. The lowest BCUT2D eigenvalue weighted by Crippen LogP contribution is -2.51. The van der Waals surface area contributed by atoms with Crippen molar-refractivity contribution < 1.29 is 22.4 Å². The number of sulfonamides is 1. The molecule has 10 heteroatoms. The second-order valence-electron chi connectivity index (χ2n) is 8.67. The van der Waals surface area contributed by atoms with Crippen LogP contribution in [0.1, 0.15) is 31.9 Å². The lowest BCUT2D eigenvalue weighted by molar-refractivity contribution is -0.139. The van der Waals surface area contributed by atoms with Crippen LogP contribution in [-0.4, -0.2) is 50.5 Å². The molecule has 0 spiro atoms. The fourth-order valence-electron chi connectivity index (χ4n) is 3.17. The first kappa shape index (κ1) is 27.6. The van der Waals surface area contributed by atoms with E-state index in [1.807, 2.05) is 13.8 Å². The molecule has 7 nitrogen and oxygen atoms in total. The van der Waals surface area contributed by atoms with Gasteiger partial charge in [0, 0.05) is 18.1 Å². The molecule has 1 N–H and O–H groups in total. The minimum Gasteiger partial charge on any atom is -0.354 e. The number of hydrogen-bond donors (Lipinski definition) is 1. The van der Waals surface area contributed by atoms with Gasteiger partial charge >= 0.3 is 0 Å². The molecule has 0 saturated carbocycles. The summed E-state index contributed by atoms with van der Waals surface area (Å²) < 4.78 is 39.4. The normalized spacial score (nSPS) is 12.4. The molecule has 1 unspecified atom stereocenters. The van der Waals surface area contributed by atoms with Crippen molar-refractivity contribution in [3.8, 4) is 0 Å². The summed E-state index contributed by atoms with van der Waals surface area (Å²) in [7, 11) is -3.84. The van der Waals surface area contributed by atoms with Crippen LogP contribution in [0.25, 0.3) is 0 Å². The van der Waals surface area contributed by atoms with Crippen LogP contribution in [-0.2, 0) is 26.2 Å². The summed E-state index contributed by atoms with van der Waals surface area (Å²) in [6.07, 6.45) is 0.997. The van der Waals surface area contributed by atoms with Gasteiger partial charge < -0.3 is 10.2 Å². The third-order valence-electron chi connectivity index (χ3n) is 5.24. The average molecular weight is 512 g/mol. The smallest absolute Gasteiger partial charge is 0.244 e. The molecule has 2 amide bonds. The number of benzene rings is 2. The van der Waals surface area contributed by atoms with E-state index in [0.717, 1.165) is 16.1 Å². The highest BCUT2D eigenvalue weighted by molar-refractivity contribution is 7.92. The van der Waals surface area contributed by atoms with Crippen molar-refractivity contribution >= 4 is 39.1 Å². The van der Waals surface area contributed by atoms with Crippen LogP contribution >= 0.6 is 11.6 Å². The number of aryl methyl sites for hydroxylation is 1. The van der Waals surface area contributed by atoms with Crippen LogP contribution in [0.2, 0.25) is 5.02 Å². The van der Waals surface area contributed by atoms with Crippen LogP contribution in [0.15, 0.2) is 42.5 Å². The van der Waals surface area contributed by atoms with Crippen molar-refractivity contribution in [2.24, 2.45) is 5.92 Å². The molecule has 34 heavy (non-hydrogen) atoms. The molecule has 0 heterocycles. The second-order valence-corrected chi connectivity index (χ2v) is 11.0. The number of hydrogen-bond acceptors (Lipinski definition) is 4. The highest BCUT2D eigenvalue weighted by Crippen LogP contribution is 2.25. The molecule has 2 aromatic rings. The van der Waals surface area contributed by atoms with Crippen molar-refractivity contribution in [2.45, 2.75) is 40.3 Å². The fraction of sp³-hybridized carbons (Fsp3) is 0.417. The Balaban J connectivity index is 2.37. The van der Waals surface area contributed by atoms with E-state index in [4.69, 9.17) is 11.6 Å². The number of nitrogens with zero attached hydrogens (tertiary/aromatic N) is 2. The van der Waals surface area contributed by atoms with Gasteiger partial charge in [0.05, 0.1) is 11.9 Å². The Bertz CT molecular complexity index is 1120. The maximum atomic E-state index is 13.4. The number of anilines is 1. The Kier molecular flexibility index (Phi) is 9.46. The lowest BCUT2D eigenvalue weighted by atomic mass is 10.1. The summed E-state index contributed by atoms with van der Waals surface area (Å²) in [5.41, 5.74) is 1.60. The third kappa shape index (κ3) is 7.70. The Morgan fingerprint density at radius 1 is 1.09 bits per heavy atom. The molecule has 0 aliphatic carbocycles. The summed E-state index contributed by atoms with van der Waals surface area (Å²) >= 11 is 6.18. The van der Waals surface area contributed by atoms with E-state index in [2.05, 4.69) is 5.32 Å². The van der Waals surface area contributed by atoms with E-state index in [9.17, 15) is 22.4 Å². The molecule has 0 aliphatic rings. The van der Waals surface area contributed by atoms with E-state index in [1.165, 1.54) is 35.2 Å². The van der Waals surface area contributed by atoms with Gasteiger partial charge in [-0.05, 0) is 55.2 Å². The maximum Gasteiger partial charge on any atom is 0.244 e. The number of amides is 2. The van der Waals surface area contributed by atoms with Gasteiger partial charge in [-0.3, -0.25) is 13.9 Å². The minimum absolute atomic E-state index is 0.00162. The van der Waals surface area contributed by atoms with Gasteiger partial charge in [-0.25, -0.2) is 12.8 Å². The summed E-state index contributed by atoms with van der Waals surface area (Å²) in [6, 6.07) is 9.38. The zero-order valence-electron chi connectivity index (χ0n) is 20.0. The summed E-state index contributed by atoms with van der Waals surface area (Å²) in [4.78, 5) is 27.5. The molecule has 0 aliphatic heterocycles. The van der Waals surface area contributed by atoms with Crippen LogP contribution in [0.5, 0.6) is 0 Å². The number of nitrogens with one attached hydrogen (secondary N) is 1. The molecule has 2 aromatic carbocycles. The molecule has 0 radical (unpaired) electrons. The van der Waals surface area contributed by atoms with Crippen molar-refractivity contribution in [2.75, 3.05) is 23.7 Å². The number of halogens is 2. The van der Waals surface area contributed by atoms with Gasteiger partial charge in [-0.1, -0.05) is 43.6 Å². The van der Waals surface area contributed by atoms with E-state index in [1.54, 1.807) is 26.0 Å². The van der Waals surface area contributed by atoms with Crippen LogP contribution < -0.4 is 9.62 Å². The molecule has 0 aromatic heterocycles. The van der Waals surface area contributed by atoms with Crippen LogP contribution in [0, 0.1) is 18.7 Å². The topological polar surface area (TPSA) is 86.8 Å². The van der Waals surface area contributed by atoms with Crippen molar-refractivity contribution in [3.05, 3.63) is 64.4 Å². The van der Waals surface area contributed by atoms with E-state index in [0.29, 0.717) is 17.1 Å². The highest BCUT2D eigenvalue weighted by Gasteiger charge is 2.30. The quantitative estimate of drug-likeness (QED) is 0.526. The summed E-state index contributed by atoms with van der Waals surface area (Å²) in [5, 5.41) is 3.16. The van der Waals surface area contributed by atoms with Gasteiger partial charge in [0.2, 0.25) is 21.8 Å². The van der Waals surface area contributed by atoms with Crippen molar-refractivity contribution in [3.63, 3.8) is 0 Å². The number of carbonyl (C=O) groups excluding carboxylic acids is 2. The zero-order valence-corrected chi connectivity index (χ0v) is 21.6. The molecule has 186 valence electrons. The predicted octanol–water partition coefficient (Wildman–Crippen LogP) is 3.74. The van der Waals surface area contributed by atoms with Crippen molar-refractivity contribution in [1.82, 2.24) is 10.2 Å². The van der Waals surface area contributed by atoms with E-state index in [-0.39, 0.29) is 24.1 Å². The molecule has 1 atom stereocenters. The van der Waals surface area contributed by atoms with Gasteiger partial charge in [0.1, 0.15) is 18.4 Å². The van der Waals surface area contributed by atoms with Crippen LogP contribution in [0.3, 0.4) is 0 Å². The predicted molar refractivity (Wildman–Crippen MR) is 133 cm³/mol. The largest absolute Gasteiger partial charge is 0.354 e. The first-order valence-corrected chi connectivity index (χ1v) is 13.1. The molecule has 0 fully saturated rings. The lowest BCUT2D eigenvalue weighted by Gasteiger charge is -2.31. The number of carbonyl (C=O) groups is 2. The minimum atomic E-state index is -3.84. The molecular weight excluding hydrogens is 481 g/mol. The SMILES string of the molecule is Cc1ccc(N(CC(=O)N(Cc2ccc(F)cc2)C(C)C(=O)NCC(C)C)S(C)(=O)=O)cc1Cl. The Morgan fingerprint density at radius 2 is 1.71 bits per heavy atom. The average Bonchev–Trinajstić information content (AvgIpc) is 2.76. The van der Waals surface area contributed by atoms with Crippen LogP contribution in [0.4, 0.5) is 10.1 Å². The Morgan fingerprint density at radius 3 is 2.24 bits per heavy atom. The molecule has 0 saturated heterocycles. The Hall–Kier alpha value is -2.65. The van der Waals surface area contributed by atoms with E-state index >= 15 is 0 Å². The monoisotopic (exact) mass is 511 g/mol. The van der Waals surface area contributed by atoms with Gasteiger partial charge in [0.25, 0.3) is 0 Å². The first-order chi connectivity index (χ1) is 15.8. The first-order valence-electron chi connectivity index (χ1n) is 10.8. The second kappa shape index (κ2) is 11.7. The van der Waals surface area contributed by atoms with Gasteiger partial charge in [0.15, 0.2) is 0 Å². The summed E-state index contributed by atoms with van der Waals surface area (Å²) in [6.45, 7) is 7.16. The maximum absolute atomic E-state index is 13.4. The fourth-order valence-corrected chi connectivity index (χ4v) is 4.19. The van der Waals surface area contributed by atoms with E-state index < -0.39 is 34.3 Å². The Labute approximate surface area is 205 Å².